The zero-order chi connectivity index (χ0) is 15.4. The lowest BCUT2D eigenvalue weighted by atomic mass is 10.1. The lowest BCUT2D eigenvalue weighted by Crippen LogP contribution is -2.18. The van der Waals surface area contributed by atoms with E-state index in [0.29, 0.717) is 11.3 Å². The summed E-state index contributed by atoms with van der Waals surface area (Å²) in [6, 6.07) is 13.4. The van der Waals surface area contributed by atoms with Crippen LogP contribution in [0.4, 0.5) is 11.4 Å². The van der Waals surface area contributed by atoms with E-state index in [2.05, 4.69) is 32.6 Å². The molecular formula is C16H18BrN3O. The van der Waals surface area contributed by atoms with Crippen molar-refractivity contribution < 1.29 is 4.79 Å². The van der Waals surface area contributed by atoms with Crippen LogP contribution in [0.5, 0.6) is 0 Å². The maximum Gasteiger partial charge on any atom is 0.251 e. The van der Waals surface area contributed by atoms with Gasteiger partial charge in [0.15, 0.2) is 0 Å². The van der Waals surface area contributed by atoms with Gasteiger partial charge in [0.1, 0.15) is 0 Å². The molecule has 0 spiro atoms. The Balaban J connectivity index is 2.24. The Kier molecular flexibility index (Phi) is 4.85. The number of hydrogen-bond acceptors (Lipinski definition) is 3. The highest BCUT2D eigenvalue weighted by molar-refractivity contribution is 9.10. The second kappa shape index (κ2) is 6.63. The van der Waals surface area contributed by atoms with Gasteiger partial charge < -0.3 is 16.4 Å². The van der Waals surface area contributed by atoms with Gasteiger partial charge in [0.2, 0.25) is 0 Å². The molecule has 0 radical (unpaired) electrons. The van der Waals surface area contributed by atoms with Crippen LogP contribution in [0.15, 0.2) is 46.9 Å². The second-order valence-electron chi connectivity index (χ2n) is 4.80. The van der Waals surface area contributed by atoms with Gasteiger partial charge in [-0.1, -0.05) is 28.1 Å². The molecule has 0 aromatic heterocycles. The molecule has 21 heavy (non-hydrogen) atoms. The molecule has 4 N–H and O–H groups in total. The third-order valence-electron chi connectivity index (χ3n) is 3.26. The Bertz CT molecular complexity index is 658. The maximum absolute atomic E-state index is 11.7. The van der Waals surface area contributed by atoms with Crippen molar-refractivity contribution in [1.29, 1.82) is 0 Å². The summed E-state index contributed by atoms with van der Waals surface area (Å²) >= 11 is 3.46. The van der Waals surface area contributed by atoms with Crippen molar-refractivity contribution in [3.8, 4) is 0 Å². The van der Waals surface area contributed by atoms with Gasteiger partial charge >= 0.3 is 0 Å². The van der Waals surface area contributed by atoms with Crippen molar-refractivity contribution in [1.82, 2.24) is 5.32 Å². The minimum Gasteiger partial charge on any atom is -0.397 e. The van der Waals surface area contributed by atoms with E-state index < -0.39 is 0 Å². The van der Waals surface area contributed by atoms with Gasteiger partial charge in [-0.2, -0.15) is 0 Å². The molecule has 2 rings (SSSR count). The van der Waals surface area contributed by atoms with Crippen molar-refractivity contribution >= 4 is 33.2 Å². The molecule has 0 saturated heterocycles. The lowest BCUT2D eigenvalue weighted by Gasteiger charge is -2.18. The molecule has 4 nitrogen and oxygen atoms in total. The number of halogens is 1. The molecule has 1 atom stereocenters. The first-order valence-electron chi connectivity index (χ1n) is 6.65. The monoisotopic (exact) mass is 347 g/mol. The van der Waals surface area contributed by atoms with E-state index in [1.807, 2.05) is 25.1 Å². The summed E-state index contributed by atoms with van der Waals surface area (Å²) in [5.74, 6) is -0.131. The average Bonchev–Trinajstić information content (AvgIpc) is 2.48. The summed E-state index contributed by atoms with van der Waals surface area (Å²) in [7, 11) is 1.61. The predicted octanol–water partition coefficient (Wildman–Crippen LogP) is 3.56. The van der Waals surface area contributed by atoms with Gasteiger partial charge in [-0.15, -0.1) is 0 Å². The van der Waals surface area contributed by atoms with Crippen LogP contribution >= 0.6 is 15.9 Å². The number of anilines is 2. The number of nitrogens with two attached hydrogens (primary N) is 1. The molecule has 1 unspecified atom stereocenters. The number of benzene rings is 2. The summed E-state index contributed by atoms with van der Waals surface area (Å²) in [5.41, 5.74) is 9.07. The summed E-state index contributed by atoms with van der Waals surface area (Å²) in [6.07, 6.45) is 0. The van der Waals surface area contributed by atoms with Gasteiger partial charge in [0.25, 0.3) is 5.91 Å². The Hall–Kier alpha value is -2.01. The number of hydrogen-bond donors (Lipinski definition) is 3. The van der Waals surface area contributed by atoms with Gasteiger partial charge in [-0.3, -0.25) is 4.79 Å². The van der Waals surface area contributed by atoms with Gasteiger partial charge in [-0.25, -0.2) is 0 Å². The first-order valence-corrected chi connectivity index (χ1v) is 7.44. The van der Waals surface area contributed by atoms with Crippen LogP contribution in [0.2, 0.25) is 0 Å². The molecule has 0 bridgehead atoms. The number of nitrogen functional groups attached to an aromatic ring is 1. The van der Waals surface area contributed by atoms with Crippen LogP contribution in [0.3, 0.4) is 0 Å². The maximum atomic E-state index is 11.7. The standard InChI is InChI=1S/C16H18BrN3O/c1-10(11-4-3-5-13(17)8-11)20-15-9-12(16(21)19-2)6-7-14(15)18/h3-10,20H,18H2,1-2H3,(H,19,21). The third kappa shape index (κ3) is 3.76. The minimum atomic E-state index is -0.131. The predicted molar refractivity (Wildman–Crippen MR) is 90.4 cm³/mol. The molecule has 0 aliphatic carbocycles. The van der Waals surface area contributed by atoms with Crippen molar-refractivity contribution in [2.45, 2.75) is 13.0 Å². The van der Waals surface area contributed by atoms with Crippen molar-refractivity contribution in [3.05, 3.63) is 58.1 Å². The van der Waals surface area contributed by atoms with Crippen LogP contribution in [0.1, 0.15) is 28.9 Å². The fourth-order valence-corrected chi connectivity index (χ4v) is 2.48. The normalized spacial score (nSPS) is 11.8. The molecule has 0 aliphatic rings. The van der Waals surface area contributed by atoms with E-state index in [9.17, 15) is 4.79 Å². The van der Waals surface area contributed by atoms with Crippen LogP contribution in [-0.2, 0) is 0 Å². The minimum absolute atomic E-state index is 0.0738. The smallest absolute Gasteiger partial charge is 0.251 e. The third-order valence-corrected chi connectivity index (χ3v) is 3.76. The van der Waals surface area contributed by atoms with Crippen LogP contribution in [0, 0.1) is 0 Å². The Morgan fingerprint density at radius 2 is 2.00 bits per heavy atom. The van der Waals surface area contributed by atoms with Crippen molar-refractivity contribution in [2.24, 2.45) is 0 Å². The zero-order valence-corrected chi connectivity index (χ0v) is 13.6. The topological polar surface area (TPSA) is 67.2 Å². The molecule has 110 valence electrons. The fraction of sp³-hybridized carbons (Fsp3) is 0.188. The SMILES string of the molecule is CNC(=O)c1ccc(N)c(NC(C)c2cccc(Br)c2)c1. The number of amides is 1. The van der Waals surface area contributed by atoms with Gasteiger partial charge in [0, 0.05) is 23.1 Å². The molecule has 0 aliphatic heterocycles. The summed E-state index contributed by atoms with van der Waals surface area (Å²) < 4.78 is 1.03. The number of carbonyl (C=O) groups is 1. The van der Waals surface area contributed by atoms with E-state index in [0.717, 1.165) is 15.7 Å². The van der Waals surface area contributed by atoms with Crippen LogP contribution in [0.25, 0.3) is 0 Å². The van der Waals surface area contributed by atoms with Crippen LogP contribution < -0.4 is 16.4 Å². The molecule has 1 amide bonds. The molecule has 0 saturated carbocycles. The summed E-state index contributed by atoms with van der Waals surface area (Å²) in [5, 5.41) is 5.95. The molecule has 0 heterocycles. The zero-order valence-electron chi connectivity index (χ0n) is 12.0. The molecule has 2 aromatic rings. The lowest BCUT2D eigenvalue weighted by molar-refractivity contribution is 0.0963. The van der Waals surface area contributed by atoms with Crippen LogP contribution in [-0.4, -0.2) is 13.0 Å². The number of nitrogens with one attached hydrogen (secondary N) is 2. The Labute approximate surface area is 132 Å². The van der Waals surface area contributed by atoms with E-state index in [1.54, 1.807) is 25.2 Å². The molecule has 5 heteroatoms. The van der Waals surface area contributed by atoms with E-state index in [-0.39, 0.29) is 11.9 Å². The largest absolute Gasteiger partial charge is 0.397 e. The first-order chi connectivity index (χ1) is 10.0. The average molecular weight is 348 g/mol. The Morgan fingerprint density at radius 3 is 2.67 bits per heavy atom. The van der Waals surface area contributed by atoms with E-state index >= 15 is 0 Å². The second-order valence-corrected chi connectivity index (χ2v) is 5.72. The molecular weight excluding hydrogens is 330 g/mol. The summed E-state index contributed by atoms with van der Waals surface area (Å²) in [4.78, 5) is 11.7. The van der Waals surface area contributed by atoms with Crippen molar-refractivity contribution in [3.63, 3.8) is 0 Å². The quantitative estimate of drug-likeness (QED) is 0.740. The number of rotatable bonds is 4. The van der Waals surface area contributed by atoms with Gasteiger partial charge in [-0.05, 0) is 42.8 Å². The number of carbonyl (C=O) groups excluding carboxylic acids is 1. The summed E-state index contributed by atoms with van der Waals surface area (Å²) in [6.45, 7) is 2.05. The van der Waals surface area contributed by atoms with E-state index in [4.69, 9.17) is 5.73 Å². The fourth-order valence-electron chi connectivity index (χ4n) is 2.06. The molecule has 2 aromatic carbocycles. The molecule has 0 fully saturated rings. The highest BCUT2D eigenvalue weighted by Gasteiger charge is 2.10. The van der Waals surface area contributed by atoms with Crippen molar-refractivity contribution in [2.75, 3.05) is 18.1 Å². The van der Waals surface area contributed by atoms with Gasteiger partial charge in [0.05, 0.1) is 11.4 Å². The first kappa shape index (κ1) is 15.4. The van der Waals surface area contributed by atoms with E-state index in [1.165, 1.54) is 0 Å². The highest BCUT2D eigenvalue weighted by Crippen LogP contribution is 2.26. The highest BCUT2D eigenvalue weighted by atomic mass is 79.9. The Morgan fingerprint density at radius 1 is 1.24 bits per heavy atom.